The molecule has 2 aromatic heterocycles. The summed E-state index contributed by atoms with van der Waals surface area (Å²) in [5.41, 5.74) is 0.459. The van der Waals surface area contributed by atoms with E-state index in [0.717, 1.165) is 6.07 Å². The smallest absolute Gasteiger partial charge is 0.297 e. The zero-order valence-electron chi connectivity index (χ0n) is 15.9. The molecule has 0 aliphatic carbocycles. The molecule has 1 unspecified atom stereocenters. The maximum atomic E-state index is 13.8. The third-order valence-corrected chi connectivity index (χ3v) is 5.80. The van der Waals surface area contributed by atoms with E-state index in [4.69, 9.17) is 9.15 Å². The van der Waals surface area contributed by atoms with Crippen LogP contribution in [0.15, 0.2) is 51.7 Å². The normalized spacial score (nSPS) is 15.6. The Morgan fingerprint density at radius 2 is 2.00 bits per heavy atom. The molecule has 3 heterocycles. The van der Waals surface area contributed by atoms with Gasteiger partial charge in [0.05, 0.1) is 24.1 Å². The van der Waals surface area contributed by atoms with Crippen molar-refractivity contribution in [3.05, 3.63) is 80.4 Å². The molecule has 1 aliphatic rings. The molecule has 0 spiro atoms. The van der Waals surface area contributed by atoms with Crippen molar-refractivity contribution >= 4 is 33.3 Å². The number of aromatic nitrogens is 2. The first-order chi connectivity index (χ1) is 14.5. The summed E-state index contributed by atoms with van der Waals surface area (Å²) < 4.78 is 24.9. The van der Waals surface area contributed by atoms with Crippen LogP contribution in [0, 0.1) is 12.7 Å². The highest BCUT2D eigenvalue weighted by Gasteiger charge is 2.45. The molecule has 150 valence electrons. The number of rotatable bonds is 3. The van der Waals surface area contributed by atoms with Crippen molar-refractivity contribution in [1.29, 1.82) is 0 Å². The molecule has 1 aliphatic heterocycles. The molecule has 0 fully saturated rings. The monoisotopic (exact) mass is 423 g/mol. The minimum absolute atomic E-state index is 0.0738. The van der Waals surface area contributed by atoms with Gasteiger partial charge in [0.25, 0.3) is 5.91 Å². The fourth-order valence-corrected chi connectivity index (χ4v) is 4.37. The van der Waals surface area contributed by atoms with E-state index in [2.05, 4.69) is 10.2 Å². The van der Waals surface area contributed by atoms with Crippen LogP contribution in [0.2, 0.25) is 0 Å². The first-order valence-corrected chi connectivity index (χ1v) is 9.83. The highest BCUT2D eigenvalue weighted by Crippen LogP contribution is 2.42. The number of hydrogen-bond donors (Lipinski definition) is 0. The Morgan fingerprint density at radius 3 is 2.73 bits per heavy atom. The summed E-state index contributed by atoms with van der Waals surface area (Å²) in [5, 5.41) is 9.19. The van der Waals surface area contributed by atoms with Crippen LogP contribution in [-0.4, -0.2) is 23.2 Å². The summed E-state index contributed by atoms with van der Waals surface area (Å²) in [6.07, 6.45) is 0. The van der Waals surface area contributed by atoms with Crippen molar-refractivity contribution < 1.29 is 18.3 Å². The third kappa shape index (κ3) is 2.70. The Morgan fingerprint density at radius 1 is 1.17 bits per heavy atom. The van der Waals surface area contributed by atoms with E-state index >= 15 is 0 Å². The van der Waals surface area contributed by atoms with Gasteiger partial charge < -0.3 is 9.15 Å². The zero-order valence-corrected chi connectivity index (χ0v) is 16.7. The van der Waals surface area contributed by atoms with Crippen molar-refractivity contribution in [1.82, 2.24) is 10.2 Å². The molecule has 0 N–H and O–H groups in total. The number of fused-ring (bicyclic) bond motifs is 2. The number of amides is 1. The summed E-state index contributed by atoms with van der Waals surface area (Å²) >= 11 is 1.23. The first-order valence-electron chi connectivity index (χ1n) is 9.02. The fourth-order valence-electron chi connectivity index (χ4n) is 3.65. The van der Waals surface area contributed by atoms with E-state index < -0.39 is 23.2 Å². The van der Waals surface area contributed by atoms with E-state index in [9.17, 15) is 14.0 Å². The number of carbonyl (C=O) groups excluding carboxylic acids is 1. The van der Waals surface area contributed by atoms with Gasteiger partial charge in [0.2, 0.25) is 10.9 Å². The average molecular weight is 423 g/mol. The lowest BCUT2D eigenvalue weighted by atomic mass is 9.98. The van der Waals surface area contributed by atoms with Crippen LogP contribution in [-0.2, 0) is 0 Å². The van der Waals surface area contributed by atoms with Crippen molar-refractivity contribution in [3.63, 3.8) is 0 Å². The second-order valence-electron chi connectivity index (χ2n) is 6.77. The summed E-state index contributed by atoms with van der Waals surface area (Å²) in [6, 6.07) is 9.89. The van der Waals surface area contributed by atoms with Crippen molar-refractivity contribution in [2.24, 2.45) is 0 Å². The Balaban J connectivity index is 1.83. The molecule has 0 radical (unpaired) electrons. The molecule has 0 saturated carbocycles. The molecule has 4 aromatic rings. The minimum atomic E-state index is -0.807. The second-order valence-corrected chi connectivity index (χ2v) is 7.93. The largest absolute Gasteiger partial charge is 0.497 e. The van der Waals surface area contributed by atoms with Gasteiger partial charge in [-0.05, 0) is 42.8 Å². The molecular weight excluding hydrogens is 409 g/mol. The molecule has 2 aromatic carbocycles. The van der Waals surface area contributed by atoms with Crippen LogP contribution < -0.4 is 15.1 Å². The van der Waals surface area contributed by atoms with Gasteiger partial charge in [-0.2, -0.15) is 0 Å². The number of aryl methyl sites for hydroxylation is 1. The number of hydrogen-bond acceptors (Lipinski definition) is 7. The summed E-state index contributed by atoms with van der Waals surface area (Å²) in [4.78, 5) is 28.1. The highest BCUT2D eigenvalue weighted by atomic mass is 32.1. The molecule has 1 atom stereocenters. The molecule has 9 heteroatoms. The Hall–Kier alpha value is -3.59. The second kappa shape index (κ2) is 6.74. The van der Waals surface area contributed by atoms with Crippen molar-refractivity contribution in [2.75, 3.05) is 12.0 Å². The van der Waals surface area contributed by atoms with Gasteiger partial charge in [0.1, 0.15) is 22.2 Å². The van der Waals surface area contributed by atoms with Crippen LogP contribution in [0.4, 0.5) is 9.52 Å². The SMILES string of the molecule is COc1cccc(C2c3c(oc4ccc(F)cc4c3=O)C(=O)N2c2nnc(C)s2)c1. The van der Waals surface area contributed by atoms with Gasteiger partial charge in [0, 0.05) is 0 Å². The number of carbonyl (C=O) groups is 1. The van der Waals surface area contributed by atoms with Crippen molar-refractivity contribution in [3.8, 4) is 5.75 Å². The molecule has 7 nitrogen and oxygen atoms in total. The maximum Gasteiger partial charge on any atom is 0.297 e. The number of nitrogens with zero attached hydrogens (tertiary/aromatic N) is 3. The van der Waals surface area contributed by atoms with E-state index in [-0.39, 0.29) is 22.3 Å². The van der Waals surface area contributed by atoms with Gasteiger partial charge in [-0.1, -0.05) is 23.5 Å². The minimum Gasteiger partial charge on any atom is -0.497 e. The summed E-state index contributed by atoms with van der Waals surface area (Å²) in [7, 11) is 1.53. The fraction of sp³-hybridized carbons (Fsp3) is 0.143. The van der Waals surface area contributed by atoms with Gasteiger partial charge >= 0.3 is 0 Å². The van der Waals surface area contributed by atoms with Gasteiger partial charge in [-0.3, -0.25) is 14.5 Å². The van der Waals surface area contributed by atoms with E-state index in [1.54, 1.807) is 31.2 Å². The zero-order chi connectivity index (χ0) is 21.0. The maximum absolute atomic E-state index is 13.8. The van der Waals surface area contributed by atoms with Crippen LogP contribution in [0.3, 0.4) is 0 Å². The summed E-state index contributed by atoms with van der Waals surface area (Å²) in [6.45, 7) is 1.77. The Labute approximate surface area is 173 Å². The van der Waals surface area contributed by atoms with E-state index in [0.29, 0.717) is 21.5 Å². The van der Waals surface area contributed by atoms with E-state index in [1.165, 1.54) is 35.5 Å². The lowest BCUT2D eigenvalue weighted by Crippen LogP contribution is -2.29. The lowest BCUT2D eigenvalue weighted by Gasteiger charge is -2.22. The number of benzene rings is 2. The van der Waals surface area contributed by atoms with Crippen LogP contribution in [0.5, 0.6) is 5.75 Å². The predicted molar refractivity (Wildman–Crippen MR) is 109 cm³/mol. The number of anilines is 1. The quantitative estimate of drug-likeness (QED) is 0.498. The third-order valence-electron chi connectivity index (χ3n) is 4.96. The summed E-state index contributed by atoms with van der Waals surface area (Å²) in [5.74, 6) is -0.580. The number of methoxy groups -OCH3 is 1. The molecule has 30 heavy (non-hydrogen) atoms. The number of halogens is 1. The van der Waals surface area contributed by atoms with Crippen LogP contribution in [0.25, 0.3) is 11.0 Å². The molecular formula is C21H14FN3O4S. The molecule has 5 rings (SSSR count). The number of ether oxygens (including phenoxy) is 1. The van der Waals surface area contributed by atoms with Crippen LogP contribution in [0.1, 0.15) is 32.7 Å². The first kappa shape index (κ1) is 18.4. The van der Waals surface area contributed by atoms with Gasteiger partial charge in [0.15, 0.2) is 5.43 Å². The van der Waals surface area contributed by atoms with Crippen LogP contribution >= 0.6 is 11.3 Å². The van der Waals surface area contributed by atoms with Gasteiger partial charge in [-0.25, -0.2) is 4.39 Å². The predicted octanol–water partition coefficient (Wildman–Crippen LogP) is 3.85. The average Bonchev–Trinajstić information content (AvgIpc) is 3.30. The highest BCUT2D eigenvalue weighted by molar-refractivity contribution is 7.15. The Bertz CT molecular complexity index is 1380. The standard InChI is InChI=1S/C21H14FN3O4S/c1-10-23-24-21(30-10)25-17(11-4-3-5-13(8-11)28-2)16-18(26)14-9-12(22)6-7-15(14)29-19(16)20(25)27/h3-9,17H,1-2H3. The lowest BCUT2D eigenvalue weighted by molar-refractivity contribution is 0.0970. The molecule has 0 saturated heterocycles. The van der Waals surface area contributed by atoms with Crippen molar-refractivity contribution in [2.45, 2.75) is 13.0 Å². The topological polar surface area (TPSA) is 85.5 Å². The Kier molecular flexibility index (Phi) is 4.14. The van der Waals surface area contributed by atoms with E-state index in [1.807, 2.05) is 0 Å². The molecule has 0 bridgehead atoms. The molecule has 1 amide bonds. The van der Waals surface area contributed by atoms with Gasteiger partial charge in [-0.15, -0.1) is 10.2 Å².